The first-order valence-electron chi connectivity index (χ1n) is 12.6. The molecule has 4 rings (SSSR count). The van der Waals surface area contributed by atoms with E-state index in [9.17, 15) is 34.2 Å². The van der Waals surface area contributed by atoms with Gasteiger partial charge in [0.1, 0.15) is 17.0 Å². The topological polar surface area (TPSA) is 172 Å². The first-order chi connectivity index (χ1) is 17.8. The minimum absolute atomic E-state index is 0.00118. The highest BCUT2D eigenvalue weighted by Crippen LogP contribution is 2.38. The van der Waals surface area contributed by atoms with E-state index in [2.05, 4.69) is 15.3 Å². The van der Waals surface area contributed by atoms with Gasteiger partial charge in [-0.05, 0) is 51.2 Å². The molecule has 11 heteroatoms. The van der Waals surface area contributed by atoms with E-state index >= 15 is 0 Å². The fraction of sp³-hybridized carbons (Fsp3) is 0.519. The average molecular weight is 528 g/mol. The number of allylic oxidation sites excluding steroid dienone is 2. The molecule has 11 nitrogen and oxygen atoms in total. The molecule has 2 fully saturated rings. The predicted octanol–water partition coefficient (Wildman–Crippen LogP) is 2.70. The number of aromatic carboxylic acids is 1. The number of aliphatic hydroxyl groups excluding tert-OH is 1. The van der Waals surface area contributed by atoms with Crippen LogP contribution < -0.4 is 5.32 Å². The molecule has 1 atom stereocenters. The van der Waals surface area contributed by atoms with Crippen molar-refractivity contribution in [2.75, 3.05) is 6.61 Å². The summed E-state index contributed by atoms with van der Waals surface area (Å²) < 4.78 is 4.81. The Hall–Kier alpha value is -3.89. The summed E-state index contributed by atoms with van der Waals surface area (Å²) in [6.45, 7) is 9.19. The Balaban J connectivity index is 0.000000212. The number of carboxylic acid groups (broad SMARTS) is 1. The van der Waals surface area contributed by atoms with Gasteiger partial charge in [-0.25, -0.2) is 9.79 Å². The number of hydrogen-bond acceptors (Lipinski definition) is 9. The average Bonchev–Trinajstić information content (AvgIpc) is 3.64. The van der Waals surface area contributed by atoms with E-state index in [4.69, 9.17) is 4.74 Å². The molecule has 38 heavy (non-hydrogen) atoms. The fourth-order valence-electron chi connectivity index (χ4n) is 4.12. The largest absolute Gasteiger partial charge is 0.511 e. The van der Waals surface area contributed by atoms with E-state index in [0.717, 1.165) is 18.4 Å². The van der Waals surface area contributed by atoms with Crippen LogP contribution in [0.5, 0.6) is 0 Å². The van der Waals surface area contributed by atoms with Gasteiger partial charge in [0.05, 0.1) is 23.7 Å². The third-order valence-electron chi connectivity index (χ3n) is 6.90. The molecule has 0 saturated heterocycles. The Morgan fingerprint density at radius 1 is 1.13 bits per heavy atom. The molecule has 204 valence electrons. The second-order valence-electron chi connectivity index (χ2n) is 10.2. The molecule has 3 aliphatic rings. The van der Waals surface area contributed by atoms with Gasteiger partial charge in [0.25, 0.3) is 5.91 Å². The van der Waals surface area contributed by atoms with Crippen molar-refractivity contribution in [3.63, 3.8) is 0 Å². The zero-order valence-corrected chi connectivity index (χ0v) is 22.2. The zero-order valence-electron chi connectivity index (χ0n) is 22.2. The number of rotatable bonds is 6. The summed E-state index contributed by atoms with van der Waals surface area (Å²) in [5.74, 6) is -3.29. The molecule has 1 aliphatic heterocycles. The molecule has 1 unspecified atom stereocenters. The smallest absolute Gasteiger partial charge is 0.338 e. The number of nitrogens with zero attached hydrogens (tertiary/aromatic N) is 2. The van der Waals surface area contributed by atoms with Crippen LogP contribution in [0.4, 0.5) is 0 Å². The van der Waals surface area contributed by atoms with Crippen molar-refractivity contribution >= 4 is 35.2 Å². The number of ketones is 2. The standard InChI is InChI=1S/C14H17N3O3.C13H16O5/c1-7(2)14(4)13(20)16-11(17-14)10-9(12(18)19)5-8(3)6-15-10;1-2-18-13(17)8-5-9(14)11(10(15)6-8)12(16)7-3-4-7/h5-7H,1-4H3,(H,18,19)(H,16,17,20);7-8,16H,2-6H2,1H3. The predicted molar refractivity (Wildman–Crippen MR) is 136 cm³/mol. The third kappa shape index (κ3) is 5.98. The molecule has 0 bridgehead atoms. The molecule has 0 spiro atoms. The summed E-state index contributed by atoms with van der Waals surface area (Å²) in [7, 11) is 0. The van der Waals surface area contributed by atoms with Crippen LogP contribution in [0.25, 0.3) is 0 Å². The van der Waals surface area contributed by atoms with E-state index in [1.165, 1.54) is 6.07 Å². The Morgan fingerprint density at radius 2 is 1.74 bits per heavy atom. The minimum Gasteiger partial charge on any atom is -0.511 e. The number of Topliss-reactive ketones (excluding diaryl/α,β-unsaturated/α-hetero) is 2. The van der Waals surface area contributed by atoms with Gasteiger partial charge in [-0.1, -0.05) is 13.8 Å². The molecule has 3 N–H and O–H groups in total. The Morgan fingerprint density at radius 3 is 2.21 bits per heavy atom. The summed E-state index contributed by atoms with van der Waals surface area (Å²) in [4.78, 5) is 67.1. The lowest BCUT2D eigenvalue weighted by Crippen LogP contribution is -2.41. The van der Waals surface area contributed by atoms with Crippen LogP contribution in [0, 0.1) is 24.7 Å². The molecular formula is C27H33N3O8. The molecule has 0 radical (unpaired) electrons. The van der Waals surface area contributed by atoms with Crippen LogP contribution in [0.15, 0.2) is 28.6 Å². The number of amides is 1. The maximum atomic E-state index is 12.1. The van der Waals surface area contributed by atoms with Crippen LogP contribution >= 0.6 is 0 Å². The normalized spacial score (nSPS) is 22.9. The number of carbonyl (C=O) groups excluding carboxylic acids is 4. The number of nitrogens with one attached hydrogen (secondary N) is 1. The molecule has 2 heterocycles. The highest BCUT2D eigenvalue weighted by Gasteiger charge is 2.43. The number of hydrogen-bond donors (Lipinski definition) is 3. The van der Waals surface area contributed by atoms with Crippen LogP contribution in [0.1, 0.15) is 75.0 Å². The monoisotopic (exact) mass is 527 g/mol. The number of aliphatic imine (C=N–C) groups is 1. The molecule has 0 aromatic carbocycles. The van der Waals surface area contributed by atoms with Crippen molar-refractivity contribution in [1.82, 2.24) is 10.3 Å². The van der Waals surface area contributed by atoms with Gasteiger partial charge in [-0.15, -0.1) is 0 Å². The number of pyridine rings is 1. The van der Waals surface area contributed by atoms with Crippen LogP contribution in [-0.4, -0.2) is 62.6 Å². The maximum Gasteiger partial charge on any atom is 0.338 e. The maximum absolute atomic E-state index is 12.1. The number of aryl methyl sites for hydroxylation is 1. The van der Waals surface area contributed by atoms with Crippen LogP contribution in [0.2, 0.25) is 0 Å². The highest BCUT2D eigenvalue weighted by molar-refractivity contribution is 6.23. The molecule has 1 amide bonds. The van der Waals surface area contributed by atoms with Gasteiger partial charge in [0.2, 0.25) is 0 Å². The quantitative estimate of drug-likeness (QED) is 0.218. The van der Waals surface area contributed by atoms with Crippen molar-refractivity contribution in [3.8, 4) is 0 Å². The second-order valence-corrected chi connectivity index (χ2v) is 10.2. The molecule has 1 aromatic heterocycles. The summed E-state index contributed by atoms with van der Waals surface area (Å²) >= 11 is 0. The second kappa shape index (κ2) is 11.2. The van der Waals surface area contributed by atoms with Crippen molar-refractivity contribution in [1.29, 1.82) is 0 Å². The van der Waals surface area contributed by atoms with Crippen LogP contribution in [-0.2, 0) is 23.9 Å². The minimum atomic E-state index is -1.09. The van der Waals surface area contributed by atoms with Crippen molar-refractivity contribution in [3.05, 3.63) is 40.4 Å². The number of aromatic nitrogens is 1. The number of ether oxygens (including phenoxy) is 1. The molecular weight excluding hydrogens is 494 g/mol. The summed E-state index contributed by atoms with van der Waals surface area (Å²) in [5.41, 5.74) is -0.00358. The lowest BCUT2D eigenvalue weighted by molar-refractivity contribution is -0.151. The summed E-state index contributed by atoms with van der Waals surface area (Å²) in [6.07, 6.45) is 3.10. The summed E-state index contributed by atoms with van der Waals surface area (Å²) in [5, 5.41) is 21.7. The molecule has 2 saturated carbocycles. The van der Waals surface area contributed by atoms with Gasteiger partial charge in [-0.3, -0.25) is 24.2 Å². The van der Waals surface area contributed by atoms with Gasteiger partial charge in [-0.2, -0.15) is 0 Å². The van der Waals surface area contributed by atoms with Gasteiger partial charge in [0.15, 0.2) is 17.4 Å². The zero-order chi connectivity index (χ0) is 28.4. The van der Waals surface area contributed by atoms with Crippen molar-refractivity contribution in [2.45, 2.75) is 65.8 Å². The Bertz CT molecular complexity index is 1220. The highest BCUT2D eigenvalue weighted by atomic mass is 16.5. The SMILES string of the molecule is CCOC(=O)C1CC(=O)C(=C(O)C2CC2)C(=O)C1.Cc1cnc(C2=NC(C)(C(C)C)C(=O)N2)c(C(=O)O)c1. The van der Waals surface area contributed by atoms with Crippen molar-refractivity contribution in [2.24, 2.45) is 22.7 Å². The van der Waals surface area contributed by atoms with E-state index in [1.807, 2.05) is 13.8 Å². The Kier molecular flexibility index (Phi) is 8.48. The first kappa shape index (κ1) is 28.7. The van der Waals surface area contributed by atoms with Gasteiger partial charge >= 0.3 is 11.9 Å². The van der Waals surface area contributed by atoms with Crippen LogP contribution in [0.3, 0.4) is 0 Å². The fourth-order valence-corrected chi connectivity index (χ4v) is 4.12. The summed E-state index contributed by atoms with van der Waals surface area (Å²) in [6, 6.07) is 1.52. The molecule has 1 aromatic rings. The Labute approximate surface area is 220 Å². The lowest BCUT2D eigenvalue weighted by atomic mass is 9.82. The van der Waals surface area contributed by atoms with E-state index < -0.39 is 35.0 Å². The van der Waals surface area contributed by atoms with E-state index in [-0.39, 0.29) is 65.6 Å². The number of aliphatic hydroxyl groups is 1. The number of amidine groups is 1. The van der Waals surface area contributed by atoms with E-state index in [1.54, 1.807) is 27.0 Å². The number of esters is 1. The number of carbonyl (C=O) groups is 5. The van der Waals surface area contributed by atoms with Crippen molar-refractivity contribution < 1.29 is 38.9 Å². The third-order valence-corrected chi connectivity index (χ3v) is 6.90. The number of carboxylic acids is 1. The van der Waals surface area contributed by atoms with Gasteiger partial charge < -0.3 is 20.3 Å². The first-order valence-corrected chi connectivity index (χ1v) is 12.6. The lowest BCUT2D eigenvalue weighted by Gasteiger charge is -2.21. The molecule has 2 aliphatic carbocycles. The van der Waals surface area contributed by atoms with Gasteiger partial charge in [0, 0.05) is 25.0 Å². The van der Waals surface area contributed by atoms with E-state index in [0.29, 0.717) is 0 Å².